The molecule has 5 heteroatoms. The molecule has 112 valence electrons. The van der Waals surface area contributed by atoms with Gasteiger partial charge in [0.25, 0.3) is 5.56 Å². The summed E-state index contributed by atoms with van der Waals surface area (Å²) in [6, 6.07) is 7.24. The fourth-order valence-corrected chi connectivity index (χ4v) is 4.03. The van der Waals surface area contributed by atoms with Crippen LogP contribution in [-0.2, 0) is 6.54 Å². The number of fused-ring (bicyclic) bond motifs is 1. The van der Waals surface area contributed by atoms with Gasteiger partial charge in [-0.3, -0.25) is 9.20 Å². The zero-order valence-corrected chi connectivity index (χ0v) is 13.2. The molecular formula is C16H21N3OS. The molecule has 0 amide bonds. The highest BCUT2D eigenvalue weighted by Gasteiger charge is 2.32. The quantitative estimate of drug-likeness (QED) is 0.922. The van der Waals surface area contributed by atoms with Gasteiger partial charge in [-0.05, 0) is 31.2 Å². The third-order valence-corrected chi connectivity index (χ3v) is 5.74. The summed E-state index contributed by atoms with van der Waals surface area (Å²) in [7, 11) is 0. The normalized spacial score (nSPS) is 17.4. The minimum absolute atomic E-state index is 0.0159. The molecular weight excluding hydrogens is 282 g/mol. The monoisotopic (exact) mass is 303 g/mol. The van der Waals surface area contributed by atoms with E-state index in [2.05, 4.69) is 16.6 Å². The smallest absolute Gasteiger partial charge is 0.258 e. The van der Waals surface area contributed by atoms with Gasteiger partial charge >= 0.3 is 0 Å². The predicted molar refractivity (Wildman–Crippen MR) is 87.9 cm³/mol. The molecule has 2 heterocycles. The fraction of sp³-hybridized carbons (Fsp3) is 0.500. The second kappa shape index (κ2) is 6.20. The molecule has 4 nitrogen and oxygen atoms in total. The number of pyridine rings is 1. The van der Waals surface area contributed by atoms with E-state index in [9.17, 15) is 4.79 Å². The van der Waals surface area contributed by atoms with Crippen molar-refractivity contribution in [2.24, 2.45) is 0 Å². The zero-order valence-electron chi connectivity index (χ0n) is 12.3. The summed E-state index contributed by atoms with van der Waals surface area (Å²) in [6.45, 7) is 1.65. The first kappa shape index (κ1) is 14.6. The van der Waals surface area contributed by atoms with Crippen molar-refractivity contribution in [2.75, 3.05) is 12.8 Å². The van der Waals surface area contributed by atoms with Crippen LogP contribution in [0.1, 0.15) is 31.4 Å². The van der Waals surface area contributed by atoms with Crippen molar-refractivity contribution in [2.45, 2.75) is 37.0 Å². The van der Waals surface area contributed by atoms with Gasteiger partial charge in [-0.25, -0.2) is 4.98 Å². The van der Waals surface area contributed by atoms with Crippen LogP contribution in [0.4, 0.5) is 0 Å². The Hall–Kier alpha value is -1.33. The third-order valence-electron chi connectivity index (χ3n) is 4.33. The molecule has 1 aliphatic carbocycles. The van der Waals surface area contributed by atoms with Crippen molar-refractivity contribution < 1.29 is 0 Å². The largest absolute Gasteiger partial charge is 0.310 e. The predicted octanol–water partition coefficient (Wildman–Crippen LogP) is 2.46. The number of hydrogen-bond donors (Lipinski definition) is 1. The van der Waals surface area contributed by atoms with E-state index in [0.717, 1.165) is 12.2 Å². The van der Waals surface area contributed by atoms with Crippen LogP contribution in [0.3, 0.4) is 0 Å². The van der Waals surface area contributed by atoms with Crippen LogP contribution in [0.25, 0.3) is 5.65 Å². The van der Waals surface area contributed by atoms with E-state index in [-0.39, 0.29) is 5.56 Å². The van der Waals surface area contributed by atoms with Gasteiger partial charge in [0, 0.05) is 30.1 Å². The lowest BCUT2D eigenvalue weighted by atomic mass is 10.1. The highest BCUT2D eigenvalue weighted by molar-refractivity contribution is 8.00. The van der Waals surface area contributed by atoms with Gasteiger partial charge in [-0.1, -0.05) is 18.9 Å². The van der Waals surface area contributed by atoms with E-state index in [4.69, 9.17) is 0 Å². The summed E-state index contributed by atoms with van der Waals surface area (Å²) >= 11 is 1.97. The average Bonchev–Trinajstić information content (AvgIpc) is 2.97. The Morgan fingerprint density at radius 3 is 2.95 bits per heavy atom. The highest BCUT2D eigenvalue weighted by Crippen LogP contribution is 2.39. The maximum Gasteiger partial charge on any atom is 0.258 e. The van der Waals surface area contributed by atoms with Crippen molar-refractivity contribution in [3.63, 3.8) is 0 Å². The lowest BCUT2D eigenvalue weighted by molar-refractivity contribution is 0.530. The van der Waals surface area contributed by atoms with E-state index in [0.29, 0.717) is 16.9 Å². The van der Waals surface area contributed by atoms with Gasteiger partial charge in [-0.15, -0.1) is 0 Å². The Kier molecular flexibility index (Phi) is 4.31. The topological polar surface area (TPSA) is 46.4 Å². The van der Waals surface area contributed by atoms with Gasteiger partial charge in [-0.2, -0.15) is 11.8 Å². The van der Waals surface area contributed by atoms with Crippen LogP contribution in [-0.4, -0.2) is 26.9 Å². The molecule has 2 aromatic rings. The number of nitrogens with one attached hydrogen (secondary N) is 1. The van der Waals surface area contributed by atoms with E-state index in [1.807, 2.05) is 30.0 Å². The van der Waals surface area contributed by atoms with Crippen LogP contribution in [0.15, 0.2) is 35.3 Å². The Labute approximate surface area is 129 Å². The van der Waals surface area contributed by atoms with Crippen molar-refractivity contribution in [3.05, 3.63) is 46.5 Å². The standard InChI is InChI=1S/C16H21N3OS/c1-21-16(7-3-4-8-16)12-17-11-13-10-15(20)19-9-5-2-6-14(19)18-13/h2,5-6,9-10,17H,3-4,7-8,11-12H2,1H3. The van der Waals surface area contributed by atoms with Crippen LogP contribution in [0, 0.1) is 0 Å². The molecule has 1 N–H and O–H groups in total. The van der Waals surface area contributed by atoms with E-state index in [1.165, 1.54) is 25.7 Å². The van der Waals surface area contributed by atoms with E-state index >= 15 is 0 Å². The van der Waals surface area contributed by atoms with Crippen molar-refractivity contribution in [1.82, 2.24) is 14.7 Å². The summed E-state index contributed by atoms with van der Waals surface area (Å²) in [5, 5.41) is 3.50. The van der Waals surface area contributed by atoms with Gasteiger partial charge < -0.3 is 5.32 Å². The molecule has 2 aromatic heterocycles. The summed E-state index contributed by atoms with van der Waals surface area (Å²) < 4.78 is 1.95. The van der Waals surface area contributed by atoms with Gasteiger partial charge in [0.15, 0.2) is 0 Å². The van der Waals surface area contributed by atoms with Gasteiger partial charge in [0.1, 0.15) is 5.65 Å². The van der Waals surface area contributed by atoms with E-state index < -0.39 is 0 Å². The molecule has 1 saturated carbocycles. The summed E-state index contributed by atoms with van der Waals surface area (Å²) in [6.07, 6.45) is 9.19. The summed E-state index contributed by atoms with van der Waals surface area (Å²) in [5.74, 6) is 0. The number of hydrogen-bond acceptors (Lipinski definition) is 4. The first-order valence-corrected chi connectivity index (χ1v) is 8.68. The van der Waals surface area contributed by atoms with Crippen molar-refractivity contribution >= 4 is 17.4 Å². The minimum Gasteiger partial charge on any atom is -0.310 e. The molecule has 0 unspecified atom stereocenters. The molecule has 0 bridgehead atoms. The second-order valence-electron chi connectivity index (χ2n) is 5.71. The number of thioether (sulfide) groups is 1. The highest BCUT2D eigenvalue weighted by atomic mass is 32.2. The van der Waals surface area contributed by atoms with Crippen LogP contribution in [0.5, 0.6) is 0 Å². The molecule has 21 heavy (non-hydrogen) atoms. The lowest BCUT2D eigenvalue weighted by Gasteiger charge is -2.27. The maximum atomic E-state index is 12.0. The number of nitrogens with zero attached hydrogens (tertiary/aromatic N) is 2. The van der Waals surface area contributed by atoms with Crippen LogP contribution >= 0.6 is 11.8 Å². The van der Waals surface area contributed by atoms with Crippen molar-refractivity contribution in [3.8, 4) is 0 Å². The van der Waals surface area contributed by atoms with Crippen LogP contribution in [0.2, 0.25) is 0 Å². The van der Waals surface area contributed by atoms with Crippen LogP contribution < -0.4 is 10.9 Å². The molecule has 0 aromatic carbocycles. The summed E-state index contributed by atoms with van der Waals surface area (Å²) in [5.41, 5.74) is 1.51. The Morgan fingerprint density at radius 1 is 1.38 bits per heavy atom. The minimum atomic E-state index is -0.0159. The Morgan fingerprint density at radius 2 is 2.19 bits per heavy atom. The van der Waals surface area contributed by atoms with Gasteiger partial charge in [0.2, 0.25) is 0 Å². The lowest BCUT2D eigenvalue weighted by Crippen LogP contribution is -2.35. The van der Waals surface area contributed by atoms with Gasteiger partial charge in [0.05, 0.1) is 5.69 Å². The Bertz CT molecular complexity index is 677. The SMILES string of the molecule is CSC1(CNCc2cc(=O)n3ccccc3n2)CCCC1. The first-order chi connectivity index (χ1) is 10.2. The molecule has 1 aliphatic rings. The maximum absolute atomic E-state index is 12.0. The zero-order chi connectivity index (χ0) is 14.7. The number of rotatable bonds is 5. The second-order valence-corrected chi connectivity index (χ2v) is 6.99. The molecule has 0 saturated heterocycles. The molecule has 0 spiro atoms. The first-order valence-electron chi connectivity index (χ1n) is 7.46. The number of aromatic nitrogens is 2. The van der Waals surface area contributed by atoms with Crippen molar-refractivity contribution in [1.29, 1.82) is 0 Å². The third kappa shape index (κ3) is 3.14. The molecule has 1 fully saturated rings. The average molecular weight is 303 g/mol. The molecule has 3 rings (SSSR count). The summed E-state index contributed by atoms with van der Waals surface area (Å²) in [4.78, 5) is 16.6. The molecule has 0 aliphatic heterocycles. The fourth-order valence-electron chi connectivity index (χ4n) is 3.08. The van der Waals surface area contributed by atoms with E-state index in [1.54, 1.807) is 16.7 Å². The Balaban J connectivity index is 1.69. The molecule has 0 radical (unpaired) electrons. The molecule has 0 atom stereocenters.